The fourth-order valence-corrected chi connectivity index (χ4v) is 6.34. The highest BCUT2D eigenvalue weighted by molar-refractivity contribution is 5.93. The van der Waals surface area contributed by atoms with Crippen LogP contribution in [0, 0.1) is 0 Å². The summed E-state index contributed by atoms with van der Waals surface area (Å²) in [5.41, 5.74) is 17.7. The lowest BCUT2D eigenvalue weighted by Gasteiger charge is -2.26. The van der Waals surface area contributed by atoms with E-state index < -0.39 is 0 Å². The number of nitrogens with one attached hydrogen (secondary N) is 1. The Hall–Kier alpha value is -2.87. The van der Waals surface area contributed by atoms with Crippen LogP contribution < -0.4 is 5.43 Å². The Morgan fingerprint density at radius 1 is 0.727 bits per heavy atom. The molecule has 3 aromatic rings. The van der Waals surface area contributed by atoms with E-state index in [-0.39, 0.29) is 0 Å². The predicted octanol–water partition coefficient (Wildman–Crippen LogP) is 6.71. The number of hydrazone groups is 1. The molecule has 0 unspecified atom stereocenters. The van der Waals surface area contributed by atoms with Gasteiger partial charge >= 0.3 is 0 Å². The fraction of sp³-hybridized carbons (Fsp3) is 0.387. The molecule has 6 rings (SSSR count). The van der Waals surface area contributed by atoms with Crippen molar-refractivity contribution in [2.75, 3.05) is 0 Å². The van der Waals surface area contributed by atoms with Gasteiger partial charge in [-0.25, -0.2) is 0 Å². The molecule has 0 amide bonds. The highest BCUT2D eigenvalue weighted by Gasteiger charge is 2.29. The smallest absolute Gasteiger partial charge is 0.191 e. The number of fused-ring (bicyclic) bond motifs is 7. The summed E-state index contributed by atoms with van der Waals surface area (Å²) in [5.74, 6) is 0. The Labute approximate surface area is 198 Å². The second kappa shape index (κ2) is 8.82. The quantitative estimate of drug-likeness (QED) is 0.450. The first kappa shape index (κ1) is 20.7. The van der Waals surface area contributed by atoms with Crippen LogP contribution >= 0.6 is 0 Å². The number of rotatable bonds is 4. The molecule has 33 heavy (non-hydrogen) atoms. The first-order valence-electron chi connectivity index (χ1n) is 13.0. The summed E-state index contributed by atoms with van der Waals surface area (Å²) in [5, 5.41) is 0. The monoisotopic (exact) mass is 435 g/mol. The van der Waals surface area contributed by atoms with Gasteiger partial charge in [-0.3, -0.25) is 0 Å². The summed E-state index contributed by atoms with van der Waals surface area (Å²) in [6, 6.07) is 20.9. The van der Waals surface area contributed by atoms with Gasteiger partial charge in [0.05, 0.1) is 0 Å². The number of hydrazine groups is 1. The van der Waals surface area contributed by atoms with Gasteiger partial charge in [-0.15, -0.1) is 4.68 Å². The van der Waals surface area contributed by atoms with Gasteiger partial charge in [0.2, 0.25) is 6.21 Å². The molecule has 1 N–H and O–H groups in total. The normalized spacial score (nSPS) is 17.5. The van der Waals surface area contributed by atoms with Crippen LogP contribution in [0.4, 0.5) is 0 Å². The summed E-state index contributed by atoms with van der Waals surface area (Å²) < 4.78 is 2.37. The predicted molar refractivity (Wildman–Crippen MR) is 137 cm³/mol. The Morgan fingerprint density at radius 2 is 1.36 bits per heavy atom. The SMILES string of the molecule is CC[C@@H](N[N+]1=Cc2ccc3c(c2-c2c(ccc4c2CCCC4)C1)CCCC3)c1ccccc1. The summed E-state index contributed by atoms with van der Waals surface area (Å²) in [6.45, 7) is 3.19. The standard InChI is InChI=1S/C31H35N2/c1-2-29(24-12-4-3-5-13-24)32-33-20-25-18-16-22-10-6-8-14-27(22)30(25)31-26(21-33)19-17-23-11-7-9-15-28(23)31/h3-5,12-13,16-20,29,32H,2,6-11,14-15,21H2,1H3/q+1/t29-/m1/s1. The van der Waals surface area contributed by atoms with E-state index in [0.29, 0.717) is 6.04 Å². The number of hydrogen-bond acceptors (Lipinski definition) is 1. The van der Waals surface area contributed by atoms with E-state index in [0.717, 1.165) is 13.0 Å². The lowest BCUT2D eigenvalue weighted by molar-refractivity contribution is -0.605. The van der Waals surface area contributed by atoms with Gasteiger partial charge < -0.3 is 0 Å². The van der Waals surface area contributed by atoms with Gasteiger partial charge in [0.25, 0.3) is 0 Å². The maximum Gasteiger partial charge on any atom is 0.201 e. The van der Waals surface area contributed by atoms with E-state index in [1.807, 2.05) is 0 Å². The molecule has 2 heteroatoms. The Balaban J connectivity index is 1.51. The van der Waals surface area contributed by atoms with Crippen molar-refractivity contribution in [2.24, 2.45) is 0 Å². The summed E-state index contributed by atoms with van der Waals surface area (Å²) >= 11 is 0. The van der Waals surface area contributed by atoms with Gasteiger partial charge in [-0.05, 0) is 103 Å². The van der Waals surface area contributed by atoms with Crippen molar-refractivity contribution in [1.29, 1.82) is 0 Å². The molecule has 0 radical (unpaired) electrons. The Bertz CT molecular complexity index is 1210. The Morgan fingerprint density at radius 3 is 2.09 bits per heavy atom. The van der Waals surface area contributed by atoms with Gasteiger partial charge in [0, 0.05) is 11.1 Å². The minimum Gasteiger partial charge on any atom is -0.191 e. The van der Waals surface area contributed by atoms with Crippen molar-refractivity contribution in [3.8, 4) is 11.1 Å². The van der Waals surface area contributed by atoms with Crippen LogP contribution in [0.1, 0.15) is 84.0 Å². The average molecular weight is 436 g/mol. The third-order valence-corrected chi connectivity index (χ3v) is 8.00. The maximum absolute atomic E-state index is 3.88. The number of hydrogen-bond donors (Lipinski definition) is 1. The molecule has 1 heterocycles. The zero-order valence-electron chi connectivity index (χ0n) is 19.9. The molecule has 3 aromatic carbocycles. The zero-order valence-corrected chi connectivity index (χ0v) is 19.9. The molecule has 3 aliphatic rings. The molecule has 2 aliphatic carbocycles. The van der Waals surface area contributed by atoms with Crippen LogP contribution in [-0.2, 0) is 32.2 Å². The fourth-order valence-electron chi connectivity index (χ4n) is 6.34. The first-order chi connectivity index (χ1) is 16.3. The van der Waals surface area contributed by atoms with E-state index in [2.05, 4.69) is 77.8 Å². The number of benzene rings is 3. The lowest BCUT2D eigenvalue weighted by atomic mass is 9.78. The van der Waals surface area contributed by atoms with Gasteiger partial charge in [0.1, 0.15) is 6.04 Å². The van der Waals surface area contributed by atoms with Crippen molar-refractivity contribution in [2.45, 2.75) is 77.3 Å². The van der Waals surface area contributed by atoms with Gasteiger partial charge in [-0.1, -0.05) is 55.5 Å². The zero-order chi connectivity index (χ0) is 22.2. The molecular weight excluding hydrogens is 400 g/mol. The Kier molecular flexibility index (Phi) is 5.54. The van der Waals surface area contributed by atoms with Crippen LogP contribution in [0.3, 0.4) is 0 Å². The molecule has 0 saturated heterocycles. The van der Waals surface area contributed by atoms with Crippen molar-refractivity contribution >= 4 is 6.21 Å². The summed E-state index contributed by atoms with van der Waals surface area (Å²) in [6.07, 6.45) is 13.7. The van der Waals surface area contributed by atoms with E-state index in [4.69, 9.17) is 0 Å². The number of aryl methyl sites for hydroxylation is 2. The van der Waals surface area contributed by atoms with E-state index in [1.54, 1.807) is 33.4 Å². The van der Waals surface area contributed by atoms with Crippen LogP contribution in [0.2, 0.25) is 0 Å². The summed E-state index contributed by atoms with van der Waals surface area (Å²) in [4.78, 5) is 0. The van der Waals surface area contributed by atoms with Crippen molar-refractivity contribution < 1.29 is 4.68 Å². The van der Waals surface area contributed by atoms with Gasteiger partial charge in [0.15, 0.2) is 6.54 Å². The lowest BCUT2D eigenvalue weighted by Crippen LogP contribution is -2.33. The molecular formula is C31H35N2+. The maximum atomic E-state index is 3.88. The van der Waals surface area contributed by atoms with Crippen LogP contribution in [0.15, 0.2) is 54.6 Å². The summed E-state index contributed by atoms with van der Waals surface area (Å²) in [7, 11) is 0. The third-order valence-electron chi connectivity index (χ3n) is 8.00. The highest BCUT2D eigenvalue weighted by atomic mass is 15.4. The minimum absolute atomic E-state index is 0.308. The molecule has 1 aliphatic heterocycles. The largest absolute Gasteiger partial charge is 0.201 e. The molecule has 1 atom stereocenters. The molecule has 0 spiro atoms. The van der Waals surface area contributed by atoms with Gasteiger partial charge in [-0.2, -0.15) is 5.43 Å². The van der Waals surface area contributed by atoms with E-state index in [1.165, 1.54) is 68.1 Å². The topological polar surface area (TPSA) is 15.0 Å². The van der Waals surface area contributed by atoms with Crippen molar-refractivity contribution in [3.05, 3.63) is 93.5 Å². The highest BCUT2D eigenvalue weighted by Crippen LogP contribution is 2.42. The molecule has 0 bridgehead atoms. The van der Waals surface area contributed by atoms with Crippen LogP contribution in [-0.4, -0.2) is 10.9 Å². The second-order valence-corrected chi connectivity index (χ2v) is 10.1. The third kappa shape index (κ3) is 3.80. The second-order valence-electron chi connectivity index (χ2n) is 10.1. The number of nitrogens with zero attached hydrogens (tertiary/aromatic N) is 1. The molecule has 168 valence electrons. The first-order valence-corrected chi connectivity index (χ1v) is 13.0. The van der Waals surface area contributed by atoms with E-state index >= 15 is 0 Å². The average Bonchev–Trinajstić information content (AvgIpc) is 3.04. The minimum atomic E-state index is 0.308. The van der Waals surface area contributed by atoms with E-state index in [9.17, 15) is 0 Å². The van der Waals surface area contributed by atoms with Crippen LogP contribution in [0.5, 0.6) is 0 Å². The van der Waals surface area contributed by atoms with Crippen molar-refractivity contribution in [1.82, 2.24) is 5.43 Å². The van der Waals surface area contributed by atoms with Crippen LogP contribution in [0.25, 0.3) is 11.1 Å². The molecule has 0 aromatic heterocycles. The molecule has 2 nitrogen and oxygen atoms in total. The molecule has 0 saturated carbocycles. The molecule has 0 fully saturated rings. The van der Waals surface area contributed by atoms with Crippen molar-refractivity contribution in [3.63, 3.8) is 0 Å².